The molecule has 2 N–H and O–H groups in total. The van der Waals surface area contributed by atoms with Crippen LogP contribution in [-0.2, 0) is 11.3 Å². The summed E-state index contributed by atoms with van der Waals surface area (Å²) in [4.78, 5) is 19.2. The number of halogens is 2. The lowest BCUT2D eigenvalue weighted by Gasteiger charge is -2.06. The molecule has 0 bridgehead atoms. The number of hydrogen-bond donors (Lipinski definition) is 1. The van der Waals surface area contributed by atoms with Gasteiger partial charge in [0.1, 0.15) is 11.6 Å². The van der Waals surface area contributed by atoms with Gasteiger partial charge in [-0.25, -0.2) is 23.5 Å². The van der Waals surface area contributed by atoms with Crippen LogP contribution < -0.4 is 5.73 Å². The molecule has 0 aliphatic rings. The van der Waals surface area contributed by atoms with Crippen molar-refractivity contribution in [3.8, 4) is 0 Å². The Morgan fingerprint density at radius 3 is 2.58 bits per heavy atom. The van der Waals surface area contributed by atoms with Gasteiger partial charge >= 0.3 is 5.97 Å². The second-order valence-electron chi connectivity index (χ2n) is 3.59. The van der Waals surface area contributed by atoms with Crippen molar-refractivity contribution in [2.24, 2.45) is 0 Å². The molecule has 1 heterocycles. The van der Waals surface area contributed by atoms with E-state index in [1.165, 1.54) is 12.4 Å². The highest BCUT2D eigenvalue weighted by molar-refractivity contribution is 5.90. The number of carbonyl (C=O) groups excluding carboxylic acids is 1. The highest BCUT2D eigenvalue weighted by atomic mass is 19.1. The van der Waals surface area contributed by atoms with Gasteiger partial charge < -0.3 is 10.5 Å². The third-order valence-corrected chi connectivity index (χ3v) is 2.26. The van der Waals surface area contributed by atoms with Gasteiger partial charge in [-0.15, -0.1) is 0 Å². The minimum Gasteiger partial charge on any atom is -0.454 e. The van der Waals surface area contributed by atoms with E-state index in [9.17, 15) is 13.6 Å². The first-order valence-electron chi connectivity index (χ1n) is 5.25. The van der Waals surface area contributed by atoms with Crippen molar-refractivity contribution in [2.45, 2.75) is 6.61 Å². The van der Waals surface area contributed by atoms with Crippen LogP contribution in [0.2, 0.25) is 0 Å². The van der Waals surface area contributed by atoms with Gasteiger partial charge in [-0.3, -0.25) is 0 Å². The van der Waals surface area contributed by atoms with Gasteiger partial charge in [-0.1, -0.05) is 0 Å². The fraction of sp³-hybridized carbons (Fsp3) is 0.0833. The van der Waals surface area contributed by atoms with Crippen molar-refractivity contribution in [3.05, 3.63) is 53.6 Å². The Morgan fingerprint density at radius 1 is 1.21 bits per heavy atom. The van der Waals surface area contributed by atoms with E-state index in [4.69, 9.17) is 10.5 Å². The summed E-state index contributed by atoms with van der Waals surface area (Å²) >= 11 is 0. The minimum absolute atomic E-state index is 0.231. The number of anilines is 1. The van der Waals surface area contributed by atoms with Gasteiger partial charge in [-0.05, 0) is 12.1 Å². The van der Waals surface area contributed by atoms with Crippen molar-refractivity contribution < 1.29 is 18.3 Å². The molecule has 0 radical (unpaired) electrons. The molecule has 2 aromatic rings. The molecule has 2 rings (SSSR count). The molecular weight excluding hydrogens is 256 g/mol. The molecule has 0 fully saturated rings. The molecule has 0 unspecified atom stereocenters. The van der Waals surface area contributed by atoms with Crippen molar-refractivity contribution in [2.75, 3.05) is 5.73 Å². The molecule has 0 aliphatic heterocycles. The Bertz CT molecular complexity index is 605. The van der Waals surface area contributed by atoms with Gasteiger partial charge in [0, 0.05) is 18.5 Å². The molecule has 1 aromatic carbocycles. The van der Waals surface area contributed by atoms with Crippen molar-refractivity contribution in [1.29, 1.82) is 0 Å². The van der Waals surface area contributed by atoms with Crippen LogP contribution in [0.3, 0.4) is 0 Å². The van der Waals surface area contributed by atoms with Gasteiger partial charge in [0.2, 0.25) is 0 Å². The summed E-state index contributed by atoms with van der Waals surface area (Å²) in [6, 6.07) is 3.02. The van der Waals surface area contributed by atoms with E-state index >= 15 is 0 Å². The van der Waals surface area contributed by atoms with Gasteiger partial charge in [0.25, 0.3) is 0 Å². The zero-order chi connectivity index (χ0) is 13.8. The van der Waals surface area contributed by atoms with Crippen molar-refractivity contribution in [1.82, 2.24) is 9.97 Å². The van der Waals surface area contributed by atoms with Gasteiger partial charge in [-0.2, -0.15) is 0 Å². The second-order valence-corrected chi connectivity index (χ2v) is 3.59. The molecule has 0 saturated carbocycles. The summed E-state index contributed by atoms with van der Waals surface area (Å²) in [7, 11) is 0. The predicted molar refractivity (Wildman–Crippen MR) is 61.9 cm³/mol. The highest BCUT2D eigenvalue weighted by Crippen LogP contribution is 2.17. The fourth-order valence-corrected chi connectivity index (χ4v) is 1.33. The number of carbonyl (C=O) groups is 1. The van der Waals surface area contributed by atoms with Crippen LogP contribution >= 0.6 is 0 Å². The van der Waals surface area contributed by atoms with Crippen LogP contribution in [-0.4, -0.2) is 15.9 Å². The monoisotopic (exact) mass is 265 g/mol. The summed E-state index contributed by atoms with van der Waals surface area (Å²) in [5, 5.41) is 0. The van der Waals surface area contributed by atoms with E-state index in [-0.39, 0.29) is 18.1 Å². The Morgan fingerprint density at radius 2 is 1.89 bits per heavy atom. The predicted octanol–water partition coefficient (Wildman–Crippen LogP) is 1.69. The summed E-state index contributed by atoms with van der Waals surface area (Å²) < 4.78 is 31.4. The Balaban J connectivity index is 2.10. The molecule has 0 spiro atoms. The number of nitrogens with two attached hydrogens (primary N) is 1. The van der Waals surface area contributed by atoms with E-state index in [0.29, 0.717) is 6.07 Å². The maximum atomic E-state index is 13.4. The summed E-state index contributed by atoms with van der Waals surface area (Å²) in [5.41, 5.74) is 4.27. The van der Waals surface area contributed by atoms with E-state index in [2.05, 4.69) is 9.97 Å². The maximum Gasteiger partial charge on any atom is 0.341 e. The number of benzene rings is 1. The third-order valence-electron chi connectivity index (χ3n) is 2.26. The van der Waals surface area contributed by atoms with Crippen LogP contribution in [0.4, 0.5) is 14.5 Å². The lowest BCUT2D eigenvalue weighted by atomic mass is 10.2. The molecular formula is C12H9F2N3O2. The largest absolute Gasteiger partial charge is 0.454 e. The summed E-state index contributed by atoms with van der Waals surface area (Å²) in [6.45, 7) is -0.231. The first kappa shape index (κ1) is 12.9. The highest BCUT2D eigenvalue weighted by Gasteiger charge is 2.16. The van der Waals surface area contributed by atoms with Crippen molar-refractivity contribution in [3.63, 3.8) is 0 Å². The first-order valence-corrected chi connectivity index (χ1v) is 5.25. The molecule has 5 nitrogen and oxygen atoms in total. The zero-order valence-electron chi connectivity index (χ0n) is 9.64. The van der Waals surface area contributed by atoms with Crippen molar-refractivity contribution >= 4 is 11.7 Å². The Hall–Kier alpha value is -2.57. The number of esters is 1. The van der Waals surface area contributed by atoms with Crippen LogP contribution in [0.1, 0.15) is 16.2 Å². The number of rotatable bonds is 3. The average Bonchev–Trinajstić information content (AvgIpc) is 2.41. The number of hydrogen-bond acceptors (Lipinski definition) is 5. The minimum atomic E-state index is -1.01. The van der Waals surface area contributed by atoms with Crippen LogP contribution in [0.15, 0.2) is 30.6 Å². The number of nitrogens with zero attached hydrogens (tertiary/aromatic N) is 2. The maximum absolute atomic E-state index is 13.4. The van der Waals surface area contributed by atoms with Gasteiger partial charge in [0.05, 0.1) is 11.3 Å². The number of aromatic nitrogens is 2. The molecule has 0 saturated heterocycles. The molecule has 0 aliphatic carbocycles. The fourth-order valence-electron chi connectivity index (χ4n) is 1.33. The molecule has 1 aromatic heterocycles. The van der Waals surface area contributed by atoms with E-state index < -0.39 is 23.2 Å². The normalized spacial score (nSPS) is 10.2. The second kappa shape index (κ2) is 5.38. The molecule has 0 atom stereocenters. The van der Waals surface area contributed by atoms with Crippen LogP contribution in [0.25, 0.3) is 0 Å². The molecule has 0 amide bonds. The molecule has 98 valence electrons. The lowest BCUT2D eigenvalue weighted by molar-refractivity contribution is 0.0456. The molecule has 19 heavy (non-hydrogen) atoms. The van der Waals surface area contributed by atoms with Crippen LogP contribution in [0.5, 0.6) is 0 Å². The topological polar surface area (TPSA) is 78.1 Å². The average molecular weight is 265 g/mol. The smallest absolute Gasteiger partial charge is 0.341 e. The number of ether oxygens (including phenoxy) is 1. The SMILES string of the molecule is Nc1cc(F)c(C(=O)OCc2ncccn2)cc1F. The first-order chi connectivity index (χ1) is 9.08. The lowest BCUT2D eigenvalue weighted by Crippen LogP contribution is -2.10. The van der Waals surface area contributed by atoms with Gasteiger partial charge in [0.15, 0.2) is 12.4 Å². The number of nitrogen functional groups attached to an aromatic ring is 1. The van der Waals surface area contributed by atoms with E-state index in [1.54, 1.807) is 6.07 Å². The third kappa shape index (κ3) is 3.01. The standard InChI is InChI=1S/C12H9F2N3O2/c13-8-5-10(15)9(14)4-7(8)12(18)19-6-11-16-2-1-3-17-11/h1-5H,6,15H2. The van der Waals surface area contributed by atoms with E-state index in [0.717, 1.165) is 6.07 Å². The van der Waals surface area contributed by atoms with E-state index in [1.807, 2.05) is 0 Å². The Labute approximate surface area is 107 Å². The molecule has 7 heteroatoms. The summed E-state index contributed by atoms with van der Waals surface area (Å²) in [6.07, 6.45) is 2.94. The quantitative estimate of drug-likeness (QED) is 0.675. The zero-order valence-corrected chi connectivity index (χ0v) is 9.64. The Kier molecular flexibility index (Phi) is 3.65. The summed E-state index contributed by atoms with van der Waals surface area (Å²) in [5.74, 6) is -2.58. The van der Waals surface area contributed by atoms with Crippen LogP contribution in [0, 0.1) is 11.6 Å².